The summed E-state index contributed by atoms with van der Waals surface area (Å²) in [7, 11) is 0. The predicted molar refractivity (Wildman–Crippen MR) is 101 cm³/mol. The van der Waals surface area contributed by atoms with Crippen LogP contribution in [0.5, 0.6) is 0 Å². The zero-order valence-electron chi connectivity index (χ0n) is 13.5. The molecule has 128 valence electrons. The molecule has 1 aromatic carbocycles. The van der Waals surface area contributed by atoms with Crippen molar-refractivity contribution in [1.29, 1.82) is 0 Å². The topological polar surface area (TPSA) is 72.7 Å². The Bertz CT molecular complexity index is 830. The van der Waals surface area contributed by atoms with Crippen LogP contribution in [0.2, 0.25) is 0 Å². The summed E-state index contributed by atoms with van der Waals surface area (Å²) in [5.41, 5.74) is 1.17. The number of carbonyl (C=O) groups excluding carboxylic acids is 1. The van der Waals surface area contributed by atoms with E-state index < -0.39 is 0 Å². The number of thiazole rings is 1. The normalized spacial score (nSPS) is 10.6. The monoisotopic (exact) mass is 371 g/mol. The summed E-state index contributed by atoms with van der Waals surface area (Å²) in [6.45, 7) is 4.40. The Morgan fingerprint density at radius 3 is 2.88 bits per heavy atom. The van der Waals surface area contributed by atoms with Crippen LogP contribution in [0.4, 0.5) is 5.13 Å². The van der Waals surface area contributed by atoms with Gasteiger partial charge in [0.05, 0.1) is 5.75 Å². The molecule has 1 N–H and O–H groups in total. The first-order valence-electron chi connectivity index (χ1n) is 7.65. The molecule has 2 aromatic heterocycles. The molecular formula is C17H17N5OS2. The molecule has 25 heavy (non-hydrogen) atoms. The second-order valence-electron chi connectivity index (χ2n) is 5.13. The first kappa shape index (κ1) is 17.4. The molecule has 0 atom stereocenters. The Morgan fingerprint density at radius 2 is 2.16 bits per heavy atom. The molecule has 0 saturated heterocycles. The molecule has 6 nitrogen and oxygen atoms in total. The second kappa shape index (κ2) is 8.59. The van der Waals surface area contributed by atoms with E-state index in [4.69, 9.17) is 0 Å². The van der Waals surface area contributed by atoms with Crippen LogP contribution in [-0.2, 0) is 17.8 Å². The van der Waals surface area contributed by atoms with Crippen molar-refractivity contribution < 1.29 is 4.79 Å². The molecule has 0 bridgehead atoms. The smallest absolute Gasteiger partial charge is 0.236 e. The lowest BCUT2D eigenvalue weighted by atomic mass is 10.1. The molecule has 0 aliphatic heterocycles. The average Bonchev–Trinajstić information content (AvgIpc) is 3.25. The fourth-order valence-electron chi connectivity index (χ4n) is 2.22. The van der Waals surface area contributed by atoms with Gasteiger partial charge in [0, 0.05) is 24.5 Å². The number of allylic oxidation sites excluding steroid dienone is 1. The van der Waals surface area contributed by atoms with Crippen LogP contribution in [0.15, 0.2) is 59.7 Å². The van der Waals surface area contributed by atoms with E-state index in [1.807, 2.05) is 28.1 Å². The van der Waals surface area contributed by atoms with E-state index in [-0.39, 0.29) is 11.7 Å². The van der Waals surface area contributed by atoms with Gasteiger partial charge >= 0.3 is 0 Å². The summed E-state index contributed by atoms with van der Waals surface area (Å²) in [5.74, 6) is 0.992. The average molecular weight is 371 g/mol. The number of nitrogens with zero attached hydrogens (tertiary/aromatic N) is 4. The number of hydrogen-bond acceptors (Lipinski definition) is 6. The van der Waals surface area contributed by atoms with Gasteiger partial charge in [-0.25, -0.2) is 4.98 Å². The van der Waals surface area contributed by atoms with E-state index in [1.54, 1.807) is 12.3 Å². The van der Waals surface area contributed by atoms with Crippen molar-refractivity contribution in [3.63, 3.8) is 0 Å². The lowest BCUT2D eigenvalue weighted by molar-refractivity contribution is -0.113. The largest absolute Gasteiger partial charge is 0.302 e. The number of carbonyl (C=O) groups is 1. The van der Waals surface area contributed by atoms with Gasteiger partial charge in [-0.2, -0.15) is 0 Å². The minimum atomic E-state index is -0.113. The molecule has 3 aromatic rings. The maximum atomic E-state index is 12.0. The van der Waals surface area contributed by atoms with Crippen LogP contribution in [0.1, 0.15) is 11.4 Å². The van der Waals surface area contributed by atoms with Gasteiger partial charge < -0.3 is 9.88 Å². The first-order chi connectivity index (χ1) is 12.3. The van der Waals surface area contributed by atoms with Gasteiger partial charge in [-0.05, 0) is 5.56 Å². The third kappa shape index (κ3) is 4.77. The Balaban J connectivity index is 1.66. The lowest BCUT2D eigenvalue weighted by Crippen LogP contribution is -2.14. The summed E-state index contributed by atoms with van der Waals surface area (Å²) >= 11 is 2.75. The molecule has 8 heteroatoms. The number of benzene rings is 1. The van der Waals surface area contributed by atoms with E-state index >= 15 is 0 Å². The number of aromatic nitrogens is 4. The predicted octanol–water partition coefficient (Wildman–Crippen LogP) is 3.24. The molecule has 0 spiro atoms. The molecule has 3 rings (SSSR count). The van der Waals surface area contributed by atoms with E-state index in [9.17, 15) is 4.79 Å². The van der Waals surface area contributed by atoms with Crippen molar-refractivity contribution in [3.8, 4) is 0 Å². The molecular weight excluding hydrogens is 354 g/mol. The summed E-state index contributed by atoms with van der Waals surface area (Å²) in [5, 5.41) is 14.4. The van der Waals surface area contributed by atoms with Crippen LogP contribution in [0, 0.1) is 0 Å². The molecule has 0 aliphatic rings. The van der Waals surface area contributed by atoms with E-state index in [0.29, 0.717) is 23.3 Å². The lowest BCUT2D eigenvalue weighted by Gasteiger charge is -2.07. The second-order valence-corrected chi connectivity index (χ2v) is 6.97. The van der Waals surface area contributed by atoms with Crippen LogP contribution >= 0.6 is 23.1 Å². The molecule has 0 aliphatic carbocycles. The van der Waals surface area contributed by atoms with Crippen LogP contribution < -0.4 is 5.32 Å². The van der Waals surface area contributed by atoms with E-state index in [0.717, 1.165) is 5.82 Å². The van der Waals surface area contributed by atoms with Gasteiger partial charge in [0.25, 0.3) is 0 Å². The van der Waals surface area contributed by atoms with Crippen LogP contribution in [-0.4, -0.2) is 31.4 Å². The van der Waals surface area contributed by atoms with E-state index in [1.165, 1.54) is 28.7 Å². The van der Waals surface area contributed by atoms with Gasteiger partial charge in [0.1, 0.15) is 5.82 Å². The number of nitrogens with one attached hydrogen (secondary N) is 1. The van der Waals surface area contributed by atoms with Crippen molar-refractivity contribution in [1.82, 2.24) is 19.7 Å². The van der Waals surface area contributed by atoms with Crippen molar-refractivity contribution >= 4 is 34.1 Å². The zero-order chi connectivity index (χ0) is 17.5. The molecule has 1 amide bonds. The standard InChI is InChI=1S/C17H17N5OS2/c1-2-9-22-14(11-13-6-4-3-5-7-13)20-21-17(22)25-12-15(23)19-16-18-8-10-24-16/h2-8,10H,1,9,11-12H2,(H,18,19,23). The first-order valence-corrected chi connectivity index (χ1v) is 9.52. The maximum absolute atomic E-state index is 12.0. The highest BCUT2D eigenvalue weighted by Crippen LogP contribution is 2.20. The van der Waals surface area contributed by atoms with Gasteiger partial charge in [-0.3, -0.25) is 4.79 Å². The minimum Gasteiger partial charge on any atom is -0.302 e. The van der Waals surface area contributed by atoms with Crippen LogP contribution in [0.25, 0.3) is 0 Å². The highest BCUT2D eigenvalue weighted by Gasteiger charge is 2.14. The van der Waals surface area contributed by atoms with Gasteiger partial charge in [-0.1, -0.05) is 48.2 Å². The minimum absolute atomic E-state index is 0.113. The number of hydrogen-bond donors (Lipinski definition) is 1. The maximum Gasteiger partial charge on any atom is 0.236 e. The molecule has 0 unspecified atom stereocenters. The quantitative estimate of drug-likeness (QED) is 0.486. The van der Waals surface area contributed by atoms with Crippen molar-refractivity contribution in [2.75, 3.05) is 11.1 Å². The highest BCUT2D eigenvalue weighted by molar-refractivity contribution is 7.99. The number of amides is 1. The van der Waals surface area contributed by atoms with Gasteiger partial charge in [0.15, 0.2) is 10.3 Å². The Hall–Kier alpha value is -2.45. The summed E-state index contributed by atoms with van der Waals surface area (Å²) in [6, 6.07) is 10.1. The molecule has 0 saturated carbocycles. The Kier molecular flexibility index (Phi) is 5.97. The number of rotatable bonds is 8. The fraction of sp³-hybridized carbons (Fsp3) is 0.176. The summed E-state index contributed by atoms with van der Waals surface area (Å²) in [4.78, 5) is 16.0. The van der Waals surface area contributed by atoms with Gasteiger partial charge in [-0.15, -0.1) is 28.1 Å². The summed E-state index contributed by atoms with van der Waals surface area (Å²) in [6.07, 6.45) is 4.15. The van der Waals surface area contributed by atoms with Crippen molar-refractivity contribution in [3.05, 3.63) is 66.0 Å². The van der Waals surface area contributed by atoms with Gasteiger partial charge in [0.2, 0.25) is 5.91 Å². The molecule has 0 fully saturated rings. The van der Waals surface area contributed by atoms with Crippen LogP contribution in [0.3, 0.4) is 0 Å². The number of thioether (sulfide) groups is 1. The third-order valence-corrected chi connectivity index (χ3v) is 4.98. The van der Waals surface area contributed by atoms with Crippen molar-refractivity contribution in [2.24, 2.45) is 0 Å². The molecule has 0 radical (unpaired) electrons. The summed E-state index contributed by atoms with van der Waals surface area (Å²) < 4.78 is 1.99. The SMILES string of the molecule is C=CCn1c(Cc2ccccc2)nnc1SCC(=O)Nc1nccs1. The highest BCUT2D eigenvalue weighted by atomic mass is 32.2. The zero-order valence-corrected chi connectivity index (χ0v) is 15.1. The third-order valence-electron chi connectivity index (χ3n) is 3.32. The number of anilines is 1. The fourth-order valence-corrected chi connectivity index (χ4v) is 3.53. The van der Waals surface area contributed by atoms with E-state index in [2.05, 4.69) is 39.2 Å². The molecule has 2 heterocycles. The van der Waals surface area contributed by atoms with Crippen molar-refractivity contribution in [2.45, 2.75) is 18.1 Å². The Morgan fingerprint density at radius 1 is 1.32 bits per heavy atom. The Labute approximate surface area is 154 Å².